The Bertz CT molecular complexity index is 502. The van der Waals surface area contributed by atoms with Crippen molar-refractivity contribution in [3.8, 4) is 0 Å². The summed E-state index contributed by atoms with van der Waals surface area (Å²) in [5, 5.41) is 1.02. The van der Waals surface area contributed by atoms with Gasteiger partial charge >= 0.3 is 0 Å². The number of hydrazine groups is 1. The molecule has 5 heteroatoms. The third-order valence-electron chi connectivity index (χ3n) is 2.50. The van der Waals surface area contributed by atoms with Crippen LogP contribution in [0.15, 0.2) is 42.7 Å². The Morgan fingerprint density at radius 2 is 1.82 bits per heavy atom. The molecule has 0 aliphatic carbocycles. The predicted molar refractivity (Wildman–Crippen MR) is 69.9 cm³/mol. The van der Waals surface area contributed by atoms with Crippen LogP contribution in [0.2, 0.25) is 10.0 Å². The van der Waals surface area contributed by atoms with Crippen molar-refractivity contribution in [1.29, 1.82) is 0 Å². The Morgan fingerprint density at radius 1 is 1.12 bits per heavy atom. The van der Waals surface area contributed by atoms with E-state index in [2.05, 4.69) is 10.4 Å². The van der Waals surface area contributed by atoms with Crippen LogP contribution in [-0.2, 0) is 0 Å². The highest BCUT2D eigenvalue weighted by molar-refractivity contribution is 6.42. The van der Waals surface area contributed by atoms with E-state index in [1.807, 2.05) is 24.3 Å². The summed E-state index contributed by atoms with van der Waals surface area (Å²) < 4.78 is 0. The topological polar surface area (TPSA) is 50.9 Å². The SMILES string of the molecule is NNC(c1ccncc1)c1cccc(Cl)c1Cl. The van der Waals surface area contributed by atoms with E-state index in [9.17, 15) is 0 Å². The summed E-state index contributed by atoms with van der Waals surface area (Å²) in [5.41, 5.74) is 4.55. The van der Waals surface area contributed by atoms with Crippen molar-refractivity contribution in [3.05, 3.63) is 63.9 Å². The molecule has 1 aromatic carbocycles. The summed E-state index contributed by atoms with van der Waals surface area (Å²) in [7, 11) is 0. The Labute approximate surface area is 110 Å². The van der Waals surface area contributed by atoms with Gasteiger partial charge in [-0.15, -0.1) is 0 Å². The highest BCUT2D eigenvalue weighted by Crippen LogP contribution is 2.32. The van der Waals surface area contributed by atoms with Gasteiger partial charge in [-0.1, -0.05) is 35.3 Å². The number of rotatable bonds is 3. The van der Waals surface area contributed by atoms with Crippen molar-refractivity contribution in [2.45, 2.75) is 6.04 Å². The van der Waals surface area contributed by atoms with Crippen LogP contribution >= 0.6 is 23.2 Å². The lowest BCUT2D eigenvalue weighted by molar-refractivity contribution is 0.636. The van der Waals surface area contributed by atoms with Crippen LogP contribution in [0.3, 0.4) is 0 Å². The summed E-state index contributed by atoms with van der Waals surface area (Å²) in [5.74, 6) is 5.58. The summed E-state index contributed by atoms with van der Waals surface area (Å²) >= 11 is 12.2. The number of nitrogens with zero attached hydrogens (tertiary/aromatic N) is 1. The van der Waals surface area contributed by atoms with E-state index in [-0.39, 0.29) is 6.04 Å². The van der Waals surface area contributed by atoms with Gasteiger partial charge in [0.2, 0.25) is 0 Å². The van der Waals surface area contributed by atoms with Gasteiger partial charge in [0, 0.05) is 12.4 Å². The van der Waals surface area contributed by atoms with Crippen molar-refractivity contribution in [2.75, 3.05) is 0 Å². The van der Waals surface area contributed by atoms with Gasteiger partial charge in [-0.2, -0.15) is 0 Å². The van der Waals surface area contributed by atoms with Gasteiger partial charge in [0.05, 0.1) is 16.1 Å². The molecule has 0 spiro atoms. The van der Waals surface area contributed by atoms with Crippen LogP contribution in [0.5, 0.6) is 0 Å². The number of nitrogens with two attached hydrogens (primary N) is 1. The highest BCUT2D eigenvalue weighted by Gasteiger charge is 2.16. The van der Waals surface area contributed by atoms with Gasteiger partial charge < -0.3 is 0 Å². The Morgan fingerprint density at radius 3 is 2.47 bits per heavy atom. The minimum Gasteiger partial charge on any atom is -0.271 e. The zero-order valence-electron chi connectivity index (χ0n) is 8.90. The van der Waals surface area contributed by atoms with Crippen LogP contribution in [0, 0.1) is 0 Å². The Hall–Kier alpha value is -1.13. The quantitative estimate of drug-likeness (QED) is 0.664. The average molecular weight is 268 g/mol. The van der Waals surface area contributed by atoms with Gasteiger partial charge in [0.25, 0.3) is 0 Å². The summed E-state index contributed by atoms with van der Waals surface area (Å²) in [6.07, 6.45) is 3.41. The fraction of sp³-hybridized carbons (Fsp3) is 0.0833. The van der Waals surface area contributed by atoms with Gasteiger partial charge in [-0.05, 0) is 29.3 Å². The first kappa shape index (κ1) is 12.3. The molecule has 0 amide bonds. The van der Waals surface area contributed by atoms with Gasteiger partial charge in [0.15, 0.2) is 0 Å². The second-order valence-electron chi connectivity index (χ2n) is 3.52. The molecular weight excluding hydrogens is 257 g/mol. The molecule has 1 unspecified atom stereocenters. The van der Waals surface area contributed by atoms with Crippen LogP contribution in [-0.4, -0.2) is 4.98 Å². The van der Waals surface area contributed by atoms with Gasteiger partial charge in [0.1, 0.15) is 0 Å². The molecule has 0 radical (unpaired) electrons. The normalized spacial score (nSPS) is 12.4. The van der Waals surface area contributed by atoms with Crippen LogP contribution in [0.25, 0.3) is 0 Å². The number of hydrogen-bond donors (Lipinski definition) is 2. The number of pyridine rings is 1. The lowest BCUT2D eigenvalue weighted by Gasteiger charge is -2.18. The molecule has 1 aromatic heterocycles. The summed E-state index contributed by atoms with van der Waals surface area (Å²) in [6, 6.07) is 9.02. The van der Waals surface area contributed by atoms with Crippen LogP contribution in [0.4, 0.5) is 0 Å². The molecule has 0 fully saturated rings. The summed E-state index contributed by atoms with van der Waals surface area (Å²) in [6.45, 7) is 0. The molecule has 1 heterocycles. The van der Waals surface area contributed by atoms with Crippen molar-refractivity contribution < 1.29 is 0 Å². The number of aromatic nitrogens is 1. The number of benzene rings is 1. The molecule has 3 N–H and O–H groups in total. The maximum atomic E-state index is 6.17. The maximum absolute atomic E-state index is 6.17. The van der Waals surface area contributed by atoms with Gasteiger partial charge in [-0.3, -0.25) is 10.8 Å². The molecule has 17 heavy (non-hydrogen) atoms. The molecule has 0 bridgehead atoms. The van der Waals surface area contributed by atoms with Crippen LogP contribution in [0.1, 0.15) is 17.2 Å². The van der Waals surface area contributed by atoms with E-state index in [1.165, 1.54) is 0 Å². The largest absolute Gasteiger partial charge is 0.271 e. The molecule has 0 aliphatic rings. The fourth-order valence-corrected chi connectivity index (χ4v) is 2.08. The van der Waals surface area contributed by atoms with Crippen molar-refractivity contribution in [2.24, 2.45) is 5.84 Å². The maximum Gasteiger partial charge on any atom is 0.0726 e. The van der Waals surface area contributed by atoms with E-state index >= 15 is 0 Å². The minimum absolute atomic E-state index is 0.204. The van der Waals surface area contributed by atoms with E-state index < -0.39 is 0 Å². The van der Waals surface area contributed by atoms with E-state index in [0.717, 1.165) is 11.1 Å². The standard InChI is InChI=1S/C12H11Cl2N3/c13-10-3-1-2-9(11(10)14)12(17-15)8-4-6-16-7-5-8/h1-7,12,17H,15H2. The molecule has 0 saturated heterocycles. The number of nitrogens with one attached hydrogen (secondary N) is 1. The molecule has 88 valence electrons. The predicted octanol–water partition coefficient (Wildman–Crippen LogP) is 2.94. The highest BCUT2D eigenvalue weighted by atomic mass is 35.5. The zero-order chi connectivity index (χ0) is 12.3. The van der Waals surface area contributed by atoms with Crippen molar-refractivity contribution in [3.63, 3.8) is 0 Å². The smallest absolute Gasteiger partial charge is 0.0726 e. The minimum atomic E-state index is -0.204. The number of hydrogen-bond acceptors (Lipinski definition) is 3. The van der Waals surface area contributed by atoms with Crippen molar-refractivity contribution in [1.82, 2.24) is 10.4 Å². The van der Waals surface area contributed by atoms with E-state index in [0.29, 0.717) is 10.0 Å². The van der Waals surface area contributed by atoms with E-state index in [1.54, 1.807) is 18.5 Å². The first-order chi connectivity index (χ1) is 8.24. The zero-order valence-corrected chi connectivity index (χ0v) is 10.4. The van der Waals surface area contributed by atoms with Crippen LogP contribution < -0.4 is 11.3 Å². The lowest BCUT2D eigenvalue weighted by Crippen LogP contribution is -2.29. The van der Waals surface area contributed by atoms with E-state index in [4.69, 9.17) is 29.0 Å². The number of halogens is 2. The molecular formula is C12H11Cl2N3. The fourth-order valence-electron chi connectivity index (χ4n) is 1.66. The second kappa shape index (κ2) is 5.47. The third-order valence-corrected chi connectivity index (χ3v) is 3.33. The molecule has 1 atom stereocenters. The molecule has 0 aliphatic heterocycles. The lowest BCUT2D eigenvalue weighted by atomic mass is 10.0. The Balaban J connectivity index is 2.46. The molecule has 0 saturated carbocycles. The van der Waals surface area contributed by atoms with Gasteiger partial charge in [-0.25, -0.2) is 5.43 Å². The molecule has 3 nitrogen and oxygen atoms in total. The Kier molecular flexibility index (Phi) is 3.97. The monoisotopic (exact) mass is 267 g/mol. The first-order valence-corrected chi connectivity index (χ1v) is 5.79. The molecule has 2 aromatic rings. The second-order valence-corrected chi connectivity index (χ2v) is 4.31. The average Bonchev–Trinajstić information content (AvgIpc) is 2.37. The van der Waals surface area contributed by atoms with Crippen molar-refractivity contribution >= 4 is 23.2 Å². The summed E-state index contributed by atoms with van der Waals surface area (Å²) in [4.78, 5) is 3.97. The third kappa shape index (κ3) is 2.58. The first-order valence-electron chi connectivity index (χ1n) is 5.04. The molecule has 2 rings (SSSR count).